The van der Waals surface area contributed by atoms with Crippen LogP contribution in [0.1, 0.15) is 6.42 Å². The zero-order chi connectivity index (χ0) is 16.4. The summed E-state index contributed by atoms with van der Waals surface area (Å²) >= 11 is 0. The highest BCUT2D eigenvalue weighted by molar-refractivity contribution is 7.91. The Morgan fingerprint density at radius 1 is 1.17 bits per heavy atom. The van der Waals surface area contributed by atoms with Gasteiger partial charge >= 0.3 is 6.03 Å². The van der Waals surface area contributed by atoms with Gasteiger partial charge in [0.1, 0.15) is 5.82 Å². The second-order valence-corrected chi connectivity index (χ2v) is 8.22. The van der Waals surface area contributed by atoms with E-state index in [0.717, 1.165) is 0 Å². The molecule has 2 aliphatic heterocycles. The Morgan fingerprint density at radius 3 is 2.48 bits per heavy atom. The molecule has 6 nitrogen and oxygen atoms in total. The number of rotatable bonds is 2. The highest BCUT2D eigenvalue weighted by Gasteiger charge is 2.34. The number of halogens is 1. The number of nitrogens with zero attached hydrogens (tertiary/aromatic N) is 2. The normalized spacial score (nSPS) is 24.6. The van der Waals surface area contributed by atoms with E-state index in [1.165, 1.54) is 12.1 Å². The van der Waals surface area contributed by atoms with Gasteiger partial charge in [0.15, 0.2) is 9.84 Å². The lowest BCUT2D eigenvalue weighted by Crippen LogP contribution is -2.53. The number of sulfone groups is 1. The standard InChI is InChI=1S/C15H20FN3O3S/c16-13-3-1-2-4-14(13)17-15(20)19-8-6-18(7-9-19)12-5-10-23(21,22)11-12/h1-4,12H,5-11H2,(H,17,20)/t12-/m0/s1. The van der Waals surface area contributed by atoms with Gasteiger partial charge in [-0.05, 0) is 18.6 Å². The quantitative estimate of drug-likeness (QED) is 0.876. The molecule has 8 heteroatoms. The van der Waals surface area contributed by atoms with Crippen LogP contribution in [0.2, 0.25) is 0 Å². The molecule has 0 radical (unpaired) electrons. The van der Waals surface area contributed by atoms with E-state index in [1.807, 2.05) is 0 Å². The predicted molar refractivity (Wildman–Crippen MR) is 85.6 cm³/mol. The molecule has 2 aliphatic rings. The third-order valence-electron chi connectivity index (χ3n) is 4.44. The number of amides is 2. The van der Waals surface area contributed by atoms with Crippen molar-refractivity contribution in [2.75, 3.05) is 43.0 Å². The minimum Gasteiger partial charge on any atom is -0.322 e. The summed E-state index contributed by atoms with van der Waals surface area (Å²) < 4.78 is 36.7. The van der Waals surface area contributed by atoms with Crippen LogP contribution in [0.3, 0.4) is 0 Å². The van der Waals surface area contributed by atoms with Crippen molar-refractivity contribution in [3.05, 3.63) is 30.1 Å². The number of carbonyl (C=O) groups excluding carboxylic acids is 1. The Balaban J connectivity index is 1.53. The molecule has 0 spiro atoms. The van der Waals surface area contributed by atoms with Crippen LogP contribution >= 0.6 is 0 Å². The van der Waals surface area contributed by atoms with Crippen molar-refractivity contribution >= 4 is 21.6 Å². The van der Waals surface area contributed by atoms with Crippen LogP contribution in [0.15, 0.2) is 24.3 Å². The molecule has 2 heterocycles. The Kier molecular flexibility index (Phi) is 4.54. The summed E-state index contributed by atoms with van der Waals surface area (Å²) in [5.74, 6) is 0.00993. The molecule has 0 unspecified atom stereocenters. The molecule has 3 rings (SSSR count). The zero-order valence-corrected chi connectivity index (χ0v) is 13.6. The Labute approximate surface area is 135 Å². The molecule has 23 heavy (non-hydrogen) atoms. The fourth-order valence-corrected chi connectivity index (χ4v) is 4.87. The lowest BCUT2D eigenvalue weighted by Gasteiger charge is -2.37. The van der Waals surface area contributed by atoms with Gasteiger partial charge in [0, 0.05) is 32.2 Å². The van der Waals surface area contributed by atoms with Crippen LogP contribution < -0.4 is 5.32 Å². The van der Waals surface area contributed by atoms with E-state index in [-0.39, 0.29) is 29.3 Å². The molecule has 0 aromatic heterocycles. The number of urea groups is 1. The Hall–Kier alpha value is -1.67. The van der Waals surface area contributed by atoms with Gasteiger partial charge < -0.3 is 10.2 Å². The van der Waals surface area contributed by atoms with Crippen molar-refractivity contribution in [1.29, 1.82) is 0 Å². The molecule has 1 aromatic carbocycles. The third kappa shape index (κ3) is 3.81. The molecule has 2 fully saturated rings. The van der Waals surface area contributed by atoms with Crippen LogP contribution in [0.25, 0.3) is 0 Å². The summed E-state index contributed by atoms with van der Waals surface area (Å²) in [5, 5.41) is 2.57. The van der Waals surface area contributed by atoms with Gasteiger partial charge in [-0.1, -0.05) is 12.1 Å². The molecule has 0 bridgehead atoms. The number of piperazine rings is 1. The van der Waals surface area contributed by atoms with E-state index in [2.05, 4.69) is 10.2 Å². The summed E-state index contributed by atoms with van der Waals surface area (Å²) in [6.07, 6.45) is 0.670. The number of hydrogen-bond acceptors (Lipinski definition) is 4. The van der Waals surface area contributed by atoms with Crippen LogP contribution in [0.4, 0.5) is 14.9 Å². The number of benzene rings is 1. The molecular formula is C15H20FN3O3S. The maximum absolute atomic E-state index is 13.6. The van der Waals surface area contributed by atoms with Gasteiger partial charge in [-0.15, -0.1) is 0 Å². The fourth-order valence-electron chi connectivity index (χ4n) is 3.11. The van der Waals surface area contributed by atoms with Crippen molar-refractivity contribution in [2.24, 2.45) is 0 Å². The van der Waals surface area contributed by atoms with Crippen molar-refractivity contribution in [3.8, 4) is 0 Å². The summed E-state index contributed by atoms with van der Waals surface area (Å²) in [4.78, 5) is 16.0. The smallest absolute Gasteiger partial charge is 0.322 e. The first-order valence-corrected chi connectivity index (χ1v) is 9.52. The maximum Gasteiger partial charge on any atom is 0.322 e. The van der Waals surface area contributed by atoms with Gasteiger partial charge in [-0.2, -0.15) is 0 Å². The van der Waals surface area contributed by atoms with Crippen LogP contribution in [-0.4, -0.2) is 68.0 Å². The molecule has 2 amide bonds. The van der Waals surface area contributed by atoms with Gasteiger partial charge in [0.25, 0.3) is 0 Å². The van der Waals surface area contributed by atoms with E-state index in [4.69, 9.17) is 0 Å². The van der Waals surface area contributed by atoms with E-state index in [0.29, 0.717) is 32.6 Å². The van der Waals surface area contributed by atoms with Gasteiger partial charge in [0.05, 0.1) is 17.2 Å². The zero-order valence-electron chi connectivity index (χ0n) is 12.7. The van der Waals surface area contributed by atoms with Crippen LogP contribution in [0, 0.1) is 5.82 Å². The summed E-state index contributed by atoms with van der Waals surface area (Å²) in [5.41, 5.74) is 0.168. The summed E-state index contributed by atoms with van der Waals surface area (Å²) in [6.45, 7) is 2.31. The minimum atomic E-state index is -2.90. The largest absolute Gasteiger partial charge is 0.322 e. The molecular weight excluding hydrogens is 321 g/mol. The summed E-state index contributed by atoms with van der Waals surface area (Å²) in [6, 6.07) is 5.79. The van der Waals surface area contributed by atoms with Crippen molar-refractivity contribution < 1.29 is 17.6 Å². The summed E-state index contributed by atoms with van der Waals surface area (Å²) in [7, 11) is -2.90. The number of para-hydroxylation sites is 1. The van der Waals surface area contributed by atoms with E-state index in [9.17, 15) is 17.6 Å². The van der Waals surface area contributed by atoms with Crippen molar-refractivity contribution in [1.82, 2.24) is 9.80 Å². The average molecular weight is 341 g/mol. The monoisotopic (exact) mass is 341 g/mol. The van der Waals surface area contributed by atoms with E-state index < -0.39 is 15.7 Å². The SMILES string of the molecule is O=C(Nc1ccccc1F)N1CCN([C@H]2CCS(=O)(=O)C2)CC1. The first kappa shape index (κ1) is 16.2. The van der Waals surface area contributed by atoms with Gasteiger partial charge in [-0.25, -0.2) is 17.6 Å². The maximum atomic E-state index is 13.6. The van der Waals surface area contributed by atoms with Gasteiger partial charge in [-0.3, -0.25) is 4.90 Å². The number of hydrogen-bond donors (Lipinski definition) is 1. The first-order valence-electron chi connectivity index (χ1n) is 7.69. The number of nitrogens with one attached hydrogen (secondary N) is 1. The molecule has 1 N–H and O–H groups in total. The van der Waals surface area contributed by atoms with E-state index >= 15 is 0 Å². The third-order valence-corrected chi connectivity index (χ3v) is 6.19. The molecule has 0 aliphatic carbocycles. The number of anilines is 1. The highest BCUT2D eigenvalue weighted by Crippen LogP contribution is 2.20. The van der Waals surface area contributed by atoms with Gasteiger partial charge in [0.2, 0.25) is 0 Å². The Bertz CT molecular complexity index is 687. The second kappa shape index (κ2) is 6.45. The molecule has 1 aromatic rings. The molecule has 2 saturated heterocycles. The van der Waals surface area contributed by atoms with Crippen LogP contribution in [-0.2, 0) is 9.84 Å². The van der Waals surface area contributed by atoms with Crippen molar-refractivity contribution in [2.45, 2.75) is 12.5 Å². The molecule has 1 atom stereocenters. The molecule has 0 saturated carbocycles. The predicted octanol–water partition coefficient (Wildman–Crippen LogP) is 1.16. The van der Waals surface area contributed by atoms with Crippen molar-refractivity contribution in [3.63, 3.8) is 0 Å². The lowest BCUT2D eigenvalue weighted by atomic mass is 10.2. The average Bonchev–Trinajstić information content (AvgIpc) is 2.90. The minimum absolute atomic E-state index is 0.0665. The number of carbonyl (C=O) groups is 1. The molecule has 126 valence electrons. The van der Waals surface area contributed by atoms with E-state index in [1.54, 1.807) is 17.0 Å². The Morgan fingerprint density at radius 2 is 1.87 bits per heavy atom. The van der Waals surface area contributed by atoms with Crippen LogP contribution in [0.5, 0.6) is 0 Å². The fraction of sp³-hybridized carbons (Fsp3) is 0.533. The lowest BCUT2D eigenvalue weighted by molar-refractivity contribution is 0.121. The second-order valence-electron chi connectivity index (χ2n) is 5.99. The first-order chi connectivity index (χ1) is 10.9. The topological polar surface area (TPSA) is 69.7 Å². The highest BCUT2D eigenvalue weighted by atomic mass is 32.2.